The first-order valence-electron chi connectivity index (χ1n) is 6.31. The van der Waals surface area contributed by atoms with E-state index in [9.17, 15) is 22.8 Å². The van der Waals surface area contributed by atoms with Gasteiger partial charge in [-0.2, -0.15) is 13.2 Å². The highest BCUT2D eigenvalue weighted by Gasteiger charge is 2.31. The van der Waals surface area contributed by atoms with Gasteiger partial charge in [-0.05, 0) is 24.1 Å². The van der Waals surface area contributed by atoms with Gasteiger partial charge >= 0.3 is 12.1 Å². The standard InChI is InChI=1S/C14H16F3NO3/c1-8(2)11(13(20)21)7-18-12(19)9-4-3-5-10(6-9)14(15,16)17/h3-6,8,11H,7H2,1-2H3,(H,18,19)(H,20,21). The predicted molar refractivity (Wildman–Crippen MR) is 69.7 cm³/mol. The summed E-state index contributed by atoms with van der Waals surface area (Å²) in [6.45, 7) is 3.24. The molecule has 1 amide bonds. The third-order valence-corrected chi connectivity index (χ3v) is 3.06. The smallest absolute Gasteiger partial charge is 0.416 e. The number of aliphatic carboxylic acids is 1. The molecule has 0 aromatic heterocycles. The minimum absolute atomic E-state index is 0.137. The molecule has 1 atom stereocenters. The minimum atomic E-state index is -4.53. The second kappa shape index (κ2) is 6.60. The Morgan fingerprint density at radius 1 is 1.29 bits per heavy atom. The number of alkyl halides is 3. The monoisotopic (exact) mass is 303 g/mol. The summed E-state index contributed by atoms with van der Waals surface area (Å²) in [6.07, 6.45) is -4.53. The number of halogens is 3. The molecule has 0 heterocycles. The summed E-state index contributed by atoms with van der Waals surface area (Å²) in [4.78, 5) is 22.8. The zero-order chi connectivity index (χ0) is 16.2. The summed E-state index contributed by atoms with van der Waals surface area (Å²) in [6, 6.07) is 3.98. The van der Waals surface area contributed by atoms with Gasteiger partial charge in [0, 0.05) is 12.1 Å². The third kappa shape index (κ3) is 4.77. The van der Waals surface area contributed by atoms with E-state index in [4.69, 9.17) is 5.11 Å². The van der Waals surface area contributed by atoms with Gasteiger partial charge in [0.25, 0.3) is 5.91 Å². The van der Waals surface area contributed by atoms with Crippen molar-refractivity contribution in [1.82, 2.24) is 5.32 Å². The molecule has 0 bridgehead atoms. The molecule has 1 unspecified atom stereocenters. The van der Waals surface area contributed by atoms with Crippen molar-refractivity contribution in [2.24, 2.45) is 11.8 Å². The van der Waals surface area contributed by atoms with Crippen LogP contribution in [0.15, 0.2) is 24.3 Å². The van der Waals surface area contributed by atoms with Crippen molar-refractivity contribution in [3.05, 3.63) is 35.4 Å². The van der Waals surface area contributed by atoms with Crippen molar-refractivity contribution in [2.75, 3.05) is 6.54 Å². The molecular formula is C14H16F3NO3. The number of carboxylic acids is 1. The van der Waals surface area contributed by atoms with Gasteiger partial charge in [0.2, 0.25) is 0 Å². The molecule has 1 aromatic carbocycles. The fraction of sp³-hybridized carbons (Fsp3) is 0.429. The number of nitrogens with one attached hydrogen (secondary N) is 1. The fourth-order valence-corrected chi connectivity index (χ4v) is 1.75. The lowest BCUT2D eigenvalue weighted by molar-refractivity contribution is -0.143. The number of amides is 1. The van der Waals surface area contributed by atoms with Crippen molar-refractivity contribution < 1.29 is 27.9 Å². The van der Waals surface area contributed by atoms with Gasteiger partial charge in [-0.3, -0.25) is 9.59 Å². The molecule has 0 fully saturated rings. The number of hydrogen-bond donors (Lipinski definition) is 2. The molecule has 0 saturated carbocycles. The summed E-state index contributed by atoms with van der Waals surface area (Å²) in [7, 11) is 0. The van der Waals surface area contributed by atoms with E-state index in [-0.39, 0.29) is 18.0 Å². The van der Waals surface area contributed by atoms with Crippen LogP contribution in [0.2, 0.25) is 0 Å². The maximum atomic E-state index is 12.5. The number of carboxylic acid groups (broad SMARTS) is 1. The average Bonchev–Trinajstić information content (AvgIpc) is 2.37. The molecule has 0 aliphatic carbocycles. The van der Waals surface area contributed by atoms with Gasteiger partial charge in [-0.25, -0.2) is 0 Å². The van der Waals surface area contributed by atoms with E-state index >= 15 is 0 Å². The summed E-state index contributed by atoms with van der Waals surface area (Å²) in [5.74, 6) is -2.79. The largest absolute Gasteiger partial charge is 0.481 e. The second-order valence-corrected chi connectivity index (χ2v) is 4.98. The van der Waals surface area contributed by atoms with Crippen LogP contribution in [0.25, 0.3) is 0 Å². The average molecular weight is 303 g/mol. The molecule has 7 heteroatoms. The molecule has 116 valence electrons. The fourth-order valence-electron chi connectivity index (χ4n) is 1.75. The topological polar surface area (TPSA) is 66.4 Å². The Bertz CT molecular complexity index is 526. The van der Waals surface area contributed by atoms with Gasteiger partial charge in [0.1, 0.15) is 0 Å². The van der Waals surface area contributed by atoms with E-state index in [0.717, 1.165) is 18.2 Å². The van der Waals surface area contributed by atoms with Crippen LogP contribution in [0.3, 0.4) is 0 Å². The van der Waals surface area contributed by atoms with Crippen LogP contribution in [-0.2, 0) is 11.0 Å². The van der Waals surface area contributed by atoms with Gasteiger partial charge < -0.3 is 10.4 Å². The van der Waals surface area contributed by atoms with Gasteiger partial charge in [0.05, 0.1) is 11.5 Å². The Morgan fingerprint density at radius 3 is 2.38 bits per heavy atom. The lowest BCUT2D eigenvalue weighted by Crippen LogP contribution is -2.35. The Labute approximate surface area is 120 Å². The normalized spacial score (nSPS) is 13.0. The maximum absolute atomic E-state index is 12.5. The van der Waals surface area contributed by atoms with Crippen molar-refractivity contribution >= 4 is 11.9 Å². The molecule has 0 aliphatic heterocycles. The van der Waals surface area contributed by atoms with E-state index < -0.39 is 29.5 Å². The summed E-state index contributed by atoms with van der Waals surface area (Å²) >= 11 is 0. The molecule has 0 saturated heterocycles. The van der Waals surface area contributed by atoms with Crippen molar-refractivity contribution in [3.63, 3.8) is 0 Å². The molecule has 1 rings (SSSR count). The van der Waals surface area contributed by atoms with Crippen LogP contribution < -0.4 is 5.32 Å². The number of rotatable bonds is 5. The molecule has 1 aromatic rings. The summed E-state index contributed by atoms with van der Waals surface area (Å²) < 4.78 is 37.6. The molecular weight excluding hydrogens is 287 g/mol. The quantitative estimate of drug-likeness (QED) is 0.879. The van der Waals surface area contributed by atoms with E-state index in [2.05, 4.69) is 5.32 Å². The molecule has 21 heavy (non-hydrogen) atoms. The maximum Gasteiger partial charge on any atom is 0.416 e. The van der Waals surface area contributed by atoms with Crippen molar-refractivity contribution in [2.45, 2.75) is 20.0 Å². The molecule has 0 aliphatic rings. The van der Waals surface area contributed by atoms with Crippen LogP contribution >= 0.6 is 0 Å². The molecule has 0 radical (unpaired) electrons. The lowest BCUT2D eigenvalue weighted by atomic mass is 9.96. The Hall–Kier alpha value is -2.05. The number of benzene rings is 1. The van der Waals surface area contributed by atoms with Crippen LogP contribution in [-0.4, -0.2) is 23.5 Å². The van der Waals surface area contributed by atoms with Gasteiger partial charge in [-0.15, -0.1) is 0 Å². The number of carbonyl (C=O) groups excluding carboxylic acids is 1. The van der Waals surface area contributed by atoms with E-state index in [1.807, 2.05) is 0 Å². The van der Waals surface area contributed by atoms with Crippen LogP contribution in [0.4, 0.5) is 13.2 Å². The van der Waals surface area contributed by atoms with Crippen LogP contribution in [0, 0.1) is 11.8 Å². The third-order valence-electron chi connectivity index (χ3n) is 3.06. The summed E-state index contributed by atoms with van der Waals surface area (Å²) in [5.41, 5.74) is -1.08. The highest BCUT2D eigenvalue weighted by atomic mass is 19.4. The Morgan fingerprint density at radius 2 is 1.90 bits per heavy atom. The number of carbonyl (C=O) groups is 2. The van der Waals surface area contributed by atoms with Gasteiger partial charge in [-0.1, -0.05) is 19.9 Å². The Kier molecular flexibility index (Phi) is 5.34. The van der Waals surface area contributed by atoms with Crippen molar-refractivity contribution in [3.8, 4) is 0 Å². The second-order valence-electron chi connectivity index (χ2n) is 4.98. The first-order chi connectivity index (χ1) is 9.62. The van der Waals surface area contributed by atoms with E-state index in [1.54, 1.807) is 13.8 Å². The first kappa shape index (κ1) is 17.0. The van der Waals surface area contributed by atoms with Crippen LogP contribution in [0.1, 0.15) is 29.8 Å². The minimum Gasteiger partial charge on any atom is -0.481 e. The van der Waals surface area contributed by atoms with Gasteiger partial charge in [0.15, 0.2) is 0 Å². The SMILES string of the molecule is CC(C)C(CNC(=O)c1cccc(C(F)(F)F)c1)C(=O)O. The molecule has 4 nitrogen and oxygen atoms in total. The molecule has 0 spiro atoms. The van der Waals surface area contributed by atoms with Crippen molar-refractivity contribution in [1.29, 1.82) is 0 Å². The highest BCUT2D eigenvalue weighted by Crippen LogP contribution is 2.29. The predicted octanol–water partition coefficient (Wildman–Crippen LogP) is 2.79. The summed E-state index contributed by atoms with van der Waals surface area (Å²) in [5, 5.41) is 11.3. The molecule has 2 N–H and O–H groups in total. The zero-order valence-corrected chi connectivity index (χ0v) is 11.6. The Balaban J connectivity index is 2.79. The van der Waals surface area contributed by atoms with Crippen LogP contribution in [0.5, 0.6) is 0 Å². The zero-order valence-electron chi connectivity index (χ0n) is 11.6. The first-order valence-corrected chi connectivity index (χ1v) is 6.31. The highest BCUT2D eigenvalue weighted by molar-refractivity contribution is 5.94. The lowest BCUT2D eigenvalue weighted by Gasteiger charge is -2.17. The number of hydrogen-bond acceptors (Lipinski definition) is 2. The van der Waals surface area contributed by atoms with E-state index in [1.165, 1.54) is 6.07 Å². The van der Waals surface area contributed by atoms with E-state index in [0.29, 0.717) is 0 Å².